The van der Waals surface area contributed by atoms with Gasteiger partial charge in [0.25, 0.3) is 0 Å². The number of hydrogen-bond donors (Lipinski definition) is 2. The summed E-state index contributed by atoms with van der Waals surface area (Å²) in [6.07, 6.45) is 7.72. The Hall–Kier alpha value is 0.286. The van der Waals surface area contributed by atoms with E-state index in [4.69, 9.17) is 9.98 Å². The summed E-state index contributed by atoms with van der Waals surface area (Å²) in [7, 11) is -0.167. The topological polar surface area (TPSA) is 65.2 Å². The molecule has 0 saturated heterocycles. The van der Waals surface area contributed by atoms with E-state index in [1.165, 1.54) is 0 Å². The summed E-state index contributed by atoms with van der Waals surface area (Å²) in [6, 6.07) is 7.83. The van der Waals surface area contributed by atoms with E-state index < -0.39 is 0 Å². The molecule has 2 atom stereocenters. The second-order valence-corrected chi connectivity index (χ2v) is 29.0. The maximum absolute atomic E-state index is 10.9. The molecule has 0 bridgehead atoms. The first-order valence-corrected chi connectivity index (χ1v) is 21.6. The van der Waals surface area contributed by atoms with E-state index >= 15 is 0 Å². The standard InChI is InChI=1S/C28H36Br2N2O2.3BrH.Co/c1-27(2,3)21-13-19(29)11-17(25(21)33)15-31-23-9-7-8-10-24(23)32-16-18-12-20(30)14-22(26(18)34)28(4,5)6;;;;/h11-16,23-24,33-34H,7-10H2,1-6H3;3*1H;/q;;;;+3/p-3/t23-,24-;;;;/m1..../s1. The minimum atomic E-state index is -0.175. The van der Waals surface area contributed by atoms with E-state index in [0.29, 0.717) is 11.1 Å². The number of phenolic OH excluding ortho intramolecular Hbond substituents is 2. The molecule has 0 aromatic heterocycles. The van der Waals surface area contributed by atoms with E-state index in [2.05, 4.69) is 116 Å². The van der Waals surface area contributed by atoms with Crippen molar-refractivity contribution in [3.05, 3.63) is 55.5 Å². The molecule has 2 aromatic rings. The summed E-state index contributed by atoms with van der Waals surface area (Å²) in [5.41, 5.74) is 2.86. The van der Waals surface area contributed by atoms with Crippen LogP contribution < -0.4 is 0 Å². The predicted octanol–water partition coefficient (Wildman–Crippen LogP) is 10.6. The van der Waals surface area contributed by atoms with Crippen LogP contribution in [0.3, 0.4) is 0 Å². The fraction of sp³-hybridized carbons (Fsp3) is 0.500. The Morgan fingerprint density at radius 3 is 1.32 bits per heavy atom. The Labute approximate surface area is 269 Å². The molecule has 1 fully saturated rings. The van der Waals surface area contributed by atoms with Gasteiger partial charge in [0.05, 0.1) is 12.1 Å². The normalized spacial score (nSPS) is 19.0. The molecule has 1 aliphatic rings. The molecule has 2 N–H and O–H groups in total. The first kappa shape index (κ1) is 34.5. The molecule has 214 valence electrons. The quantitative estimate of drug-likeness (QED) is 0.301. The number of aromatic hydroxyl groups is 2. The average molecular weight is 891 g/mol. The Bertz CT molecular complexity index is 1070. The number of rotatable bonds is 4. The summed E-state index contributed by atoms with van der Waals surface area (Å²) in [6.45, 7) is 12.5. The zero-order valence-electron chi connectivity index (χ0n) is 22.5. The summed E-state index contributed by atoms with van der Waals surface area (Å²) in [5.74, 6) is 0.563. The van der Waals surface area contributed by atoms with Gasteiger partial charge in [-0.15, -0.1) is 0 Å². The van der Waals surface area contributed by atoms with Crippen LogP contribution in [0.2, 0.25) is 0 Å². The van der Waals surface area contributed by atoms with Gasteiger partial charge >= 0.3 is 50.8 Å². The average Bonchev–Trinajstić information content (AvgIpc) is 2.78. The zero-order chi connectivity index (χ0) is 28.8. The van der Waals surface area contributed by atoms with Crippen molar-refractivity contribution in [1.29, 1.82) is 0 Å². The summed E-state index contributed by atoms with van der Waals surface area (Å²) >= 11 is 16.7. The molecule has 1 saturated carbocycles. The Morgan fingerprint density at radius 2 is 1.03 bits per heavy atom. The summed E-state index contributed by atoms with van der Waals surface area (Å²) in [5, 5.41) is 21.7. The van der Waals surface area contributed by atoms with Gasteiger partial charge in [-0.2, -0.15) is 0 Å². The number of nitrogens with zero attached hydrogens (tertiary/aromatic N) is 2. The van der Waals surface area contributed by atoms with Crippen molar-refractivity contribution in [2.75, 3.05) is 0 Å². The molecule has 4 nitrogen and oxygen atoms in total. The summed E-state index contributed by atoms with van der Waals surface area (Å²) < 4.78 is 1.85. The third-order valence-corrected chi connectivity index (χ3v) is 7.24. The first-order valence-electron chi connectivity index (χ1n) is 12.3. The molecule has 0 aliphatic heterocycles. The van der Waals surface area contributed by atoms with Gasteiger partial charge in [-0.05, 0) is 47.9 Å². The van der Waals surface area contributed by atoms with Gasteiger partial charge in [-0.3, -0.25) is 9.98 Å². The monoisotopic (exact) mass is 886 g/mol. The van der Waals surface area contributed by atoms with Crippen molar-refractivity contribution >= 4 is 86.8 Å². The SMILES string of the molecule is CC(C)(C)c1cc(Br)cc(C=N[C@@H]2CCCC[C@H]2N=Cc2cc(Br)cc(C(C)(C)C)c2O)c1O.[Br][Co]([Br])[Br]. The minimum absolute atomic E-state index is 0.0397. The number of phenols is 2. The fourth-order valence-electron chi connectivity index (χ4n) is 4.37. The van der Waals surface area contributed by atoms with Crippen LogP contribution in [0.1, 0.15) is 89.5 Å². The molecule has 2 aromatic carbocycles. The molecular weight excluding hydrogens is 855 g/mol. The van der Waals surface area contributed by atoms with Crippen LogP contribution in [0, 0.1) is 0 Å². The number of aliphatic imine (C=N–C) groups is 2. The summed E-state index contributed by atoms with van der Waals surface area (Å²) in [4.78, 5) is 9.76. The van der Waals surface area contributed by atoms with E-state index in [-0.39, 0.29) is 42.7 Å². The maximum atomic E-state index is 10.9. The molecule has 0 unspecified atom stereocenters. The van der Waals surface area contributed by atoms with Crippen molar-refractivity contribution in [1.82, 2.24) is 0 Å². The third kappa shape index (κ3) is 10.6. The molecule has 3 rings (SSSR count). The van der Waals surface area contributed by atoms with Gasteiger partial charge in [0.2, 0.25) is 0 Å². The van der Waals surface area contributed by atoms with Gasteiger partial charge < -0.3 is 10.2 Å². The van der Waals surface area contributed by atoms with Crippen molar-refractivity contribution in [2.24, 2.45) is 9.98 Å². The molecular formula is C28H36Br5CoN2O2. The second-order valence-electron chi connectivity index (χ2n) is 11.4. The number of halogens is 5. The van der Waals surface area contributed by atoms with Crippen LogP contribution in [-0.4, -0.2) is 34.7 Å². The van der Waals surface area contributed by atoms with Crippen LogP contribution >= 0.6 is 74.4 Å². The molecule has 10 heteroatoms. The number of hydrogen-bond acceptors (Lipinski definition) is 4. The van der Waals surface area contributed by atoms with Crippen LogP contribution in [0.15, 0.2) is 43.2 Å². The van der Waals surface area contributed by atoms with Crippen LogP contribution in [0.4, 0.5) is 0 Å². The van der Waals surface area contributed by atoms with Crippen LogP contribution in [-0.2, 0) is 19.1 Å². The molecule has 0 radical (unpaired) electrons. The number of benzene rings is 2. The Morgan fingerprint density at radius 1 is 0.711 bits per heavy atom. The van der Waals surface area contributed by atoms with E-state index in [1.807, 2.05) is 24.3 Å². The van der Waals surface area contributed by atoms with Crippen molar-refractivity contribution in [3.8, 4) is 11.5 Å². The van der Waals surface area contributed by atoms with E-state index in [0.717, 1.165) is 45.8 Å². The second kappa shape index (κ2) is 15.0. The molecule has 0 spiro atoms. The van der Waals surface area contributed by atoms with E-state index in [9.17, 15) is 10.2 Å². The van der Waals surface area contributed by atoms with Crippen LogP contribution in [0.25, 0.3) is 0 Å². The third-order valence-electron chi connectivity index (χ3n) is 6.33. The molecule has 0 heterocycles. The van der Waals surface area contributed by atoms with Gasteiger partial charge in [-0.1, -0.05) is 86.2 Å². The Kier molecular flexibility index (Phi) is 13.6. The molecule has 0 amide bonds. The van der Waals surface area contributed by atoms with Gasteiger partial charge in [0.15, 0.2) is 0 Å². The molecule has 1 aliphatic carbocycles. The van der Waals surface area contributed by atoms with Gasteiger partial charge in [0, 0.05) is 43.6 Å². The molecule has 38 heavy (non-hydrogen) atoms. The van der Waals surface area contributed by atoms with Crippen molar-refractivity contribution in [2.45, 2.75) is 90.1 Å². The van der Waals surface area contributed by atoms with E-state index in [1.54, 1.807) is 12.4 Å². The fourth-order valence-corrected chi connectivity index (χ4v) is 5.32. The van der Waals surface area contributed by atoms with Gasteiger partial charge in [-0.25, -0.2) is 0 Å². The zero-order valence-corrected chi connectivity index (χ0v) is 31.4. The van der Waals surface area contributed by atoms with Crippen LogP contribution in [0.5, 0.6) is 11.5 Å². The Balaban J connectivity index is 0.00000118. The predicted molar refractivity (Wildman–Crippen MR) is 177 cm³/mol. The van der Waals surface area contributed by atoms with Gasteiger partial charge in [0.1, 0.15) is 11.5 Å². The van der Waals surface area contributed by atoms with Crippen molar-refractivity contribution < 1.29 is 18.5 Å². The van der Waals surface area contributed by atoms with Crippen molar-refractivity contribution in [3.63, 3.8) is 0 Å². The first-order chi connectivity index (χ1) is 17.5.